The molecule has 0 amide bonds. The topological polar surface area (TPSA) is 26.0 Å². The maximum Gasteiger partial charge on any atom is 0.0404 e. The lowest BCUT2D eigenvalue weighted by molar-refractivity contribution is 0.433. The molecule has 1 rings (SSSR count). The van der Waals surface area contributed by atoms with Crippen LogP contribution in [0.4, 0.5) is 0 Å². The molecule has 0 fully saturated rings. The third kappa shape index (κ3) is 3.64. The van der Waals surface area contributed by atoms with Crippen molar-refractivity contribution in [3.8, 4) is 0 Å². The highest BCUT2D eigenvalue weighted by Crippen LogP contribution is 2.32. The van der Waals surface area contributed by atoms with Crippen LogP contribution in [0.3, 0.4) is 0 Å². The van der Waals surface area contributed by atoms with Crippen LogP contribution in [0.5, 0.6) is 0 Å². The zero-order chi connectivity index (χ0) is 12.2. The summed E-state index contributed by atoms with van der Waals surface area (Å²) in [5.41, 5.74) is 10.3. The van der Waals surface area contributed by atoms with Gasteiger partial charge in [-0.2, -0.15) is 0 Å². The van der Waals surface area contributed by atoms with Crippen molar-refractivity contribution in [2.45, 2.75) is 58.4 Å². The number of allylic oxidation sites excluding steroid dienone is 3. The summed E-state index contributed by atoms with van der Waals surface area (Å²) in [6.45, 7) is 10.6. The first kappa shape index (κ1) is 13.2. The van der Waals surface area contributed by atoms with Crippen LogP contribution in [0.25, 0.3) is 0 Å². The first-order valence-corrected chi connectivity index (χ1v) is 6.20. The van der Waals surface area contributed by atoms with Crippen LogP contribution in [0, 0.1) is 0 Å². The fourth-order valence-electron chi connectivity index (χ4n) is 2.09. The van der Waals surface area contributed by atoms with Gasteiger partial charge in [0.25, 0.3) is 0 Å². The van der Waals surface area contributed by atoms with Gasteiger partial charge in [0.1, 0.15) is 0 Å². The van der Waals surface area contributed by atoms with Gasteiger partial charge in [-0.3, -0.25) is 0 Å². The summed E-state index contributed by atoms with van der Waals surface area (Å²) in [6, 6.07) is 0. The summed E-state index contributed by atoms with van der Waals surface area (Å²) in [5.74, 6) is 0. The van der Waals surface area contributed by atoms with Gasteiger partial charge in [0.05, 0.1) is 0 Å². The van der Waals surface area contributed by atoms with Gasteiger partial charge in [-0.1, -0.05) is 35.5 Å². The van der Waals surface area contributed by atoms with E-state index in [1.54, 1.807) is 0 Å². The number of hydrogen-bond donors (Lipinski definition) is 1. The first-order valence-electron chi connectivity index (χ1n) is 6.20. The van der Waals surface area contributed by atoms with E-state index in [1.807, 2.05) is 0 Å². The van der Waals surface area contributed by atoms with Gasteiger partial charge in [-0.15, -0.1) is 0 Å². The van der Waals surface area contributed by atoms with E-state index in [-0.39, 0.29) is 5.54 Å². The molecule has 0 saturated heterocycles. The highest BCUT2D eigenvalue weighted by atomic mass is 14.7. The third-order valence-corrected chi connectivity index (χ3v) is 3.48. The minimum absolute atomic E-state index is 0.144. The Kier molecular flexibility index (Phi) is 4.55. The Morgan fingerprint density at radius 1 is 1.56 bits per heavy atom. The fraction of sp³-hybridized carbons (Fsp3) is 0.600. The molecule has 0 radical (unpaired) electrons. The van der Waals surface area contributed by atoms with Crippen LogP contribution in [0.1, 0.15) is 52.9 Å². The molecule has 0 bridgehead atoms. The monoisotopic (exact) mass is 219 g/mol. The van der Waals surface area contributed by atoms with Gasteiger partial charge in [-0.25, -0.2) is 0 Å². The lowest BCUT2D eigenvalue weighted by Crippen LogP contribution is -2.42. The van der Waals surface area contributed by atoms with Gasteiger partial charge in [0.15, 0.2) is 0 Å². The van der Waals surface area contributed by atoms with Crippen LogP contribution in [-0.4, -0.2) is 5.54 Å². The minimum Gasteiger partial charge on any atom is -0.321 e. The van der Waals surface area contributed by atoms with Gasteiger partial charge < -0.3 is 5.73 Å². The van der Waals surface area contributed by atoms with Gasteiger partial charge >= 0.3 is 0 Å². The lowest BCUT2D eigenvalue weighted by Gasteiger charge is -2.34. The molecule has 1 aliphatic rings. The third-order valence-electron chi connectivity index (χ3n) is 3.48. The van der Waals surface area contributed by atoms with Crippen LogP contribution in [0.2, 0.25) is 0 Å². The van der Waals surface area contributed by atoms with E-state index >= 15 is 0 Å². The van der Waals surface area contributed by atoms with E-state index in [0.717, 1.165) is 32.1 Å². The fourth-order valence-corrected chi connectivity index (χ4v) is 2.09. The van der Waals surface area contributed by atoms with Crippen LogP contribution >= 0.6 is 0 Å². The molecule has 1 heteroatoms. The number of rotatable bonds is 4. The Morgan fingerprint density at radius 2 is 2.25 bits per heavy atom. The molecule has 90 valence electrons. The Hall–Kier alpha value is -0.820. The van der Waals surface area contributed by atoms with Crippen molar-refractivity contribution in [1.29, 1.82) is 0 Å². The number of nitrogens with two attached hydrogens (primary N) is 1. The second kappa shape index (κ2) is 5.49. The zero-order valence-electron chi connectivity index (χ0n) is 11.0. The SMILES string of the molecule is C=C(CCC=C(C)C)[C@]1(N)CC=C(C)CC1. The normalized spacial score (nSPS) is 24.9. The van der Waals surface area contributed by atoms with Gasteiger partial charge in [-0.05, 0) is 52.9 Å². The zero-order valence-corrected chi connectivity index (χ0v) is 11.0. The maximum atomic E-state index is 6.42. The second-order valence-corrected chi connectivity index (χ2v) is 5.33. The number of hydrogen-bond acceptors (Lipinski definition) is 1. The Labute approximate surface area is 100 Å². The molecule has 0 aromatic carbocycles. The largest absolute Gasteiger partial charge is 0.321 e. The molecule has 1 atom stereocenters. The molecule has 0 aliphatic heterocycles. The standard InChI is InChI=1S/C15H25N/c1-12(2)6-5-7-14(4)15(16)10-8-13(3)9-11-15/h6,8H,4-5,7,9-11,16H2,1-3H3/t15-/m0/s1. The molecule has 16 heavy (non-hydrogen) atoms. The molecular weight excluding hydrogens is 194 g/mol. The van der Waals surface area contributed by atoms with Crippen molar-refractivity contribution < 1.29 is 0 Å². The molecule has 1 nitrogen and oxygen atoms in total. The van der Waals surface area contributed by atoms with Crippen molar-refractivity contribution in [2.75, 3.05) is 0 Å². The average Bonchev–Trinajstić information content (AvgIpc) is 2.22. The molecular formula is C15H25N. The summed E-state index contributed by atoms with van der Waals surface area (Å²) in [5, 5.41) is 0. The summed E-state index contributed by atoms with van der Waals surface area (Å²) in [7, 11) is 0. The Balaban J connectivity index is 2.51. The van der Waals surface area contributed by atoms with Crippen molar-refractivity contribution in [1.82, 2.24) is 0 Å². The second-order valence-electron chi connectivity index (χ2n) is 5.33. The summed E-state index contributed by atoms with van der Waals surface area (Å²) in [4.78, 5) is 0. The van der Waals surface area contributed by atoms with E-state index < -0.39 is 0 Å². The molecule has 0 aromatic rings. The van der Waals surface area contributed by atoms with Gasteiger partial charge in [0, 0.05) is 5.54 Å². The van der Waals surface area contributed by atoms with E-state index in [1.165, 1.54) is 16.7 Å². The smallest absolute Gasteiger partial charge is 0.0404 e. The first-order chi connectivity index (χ1) is 7.44. The van der Waals surface area contributed by atoms with Crippen LogP contribution < -0.4 is 5.73 Å². The lowest BCUT2D eigenvalue weighted by atomic mass is 9.77. The van der Waals surface area contributed by atoms with Crippen LogP contribution in [0.15, 0.2) is 35.5 Å². The molecule has 0 aromatic heterocycles. The molecule has 0 spiro atoms. The van der Waals surface area contributed by atoms with Crippen LogP contribution in [-0.2, 0) is 0 Å². The van der Waals surface area contributed by atoms with E-state index in [4.69, 9.17) is 5.73 Å². The van der Waals surface area contributed by atoms with Crippen molar-refractivity contribution in [3.63, 3.8) is 0 Å². The minimum atomic E-state index is -0.144. The molecule has 1 aliphatic carbocycles. The van der Waals surface area contributed by atoms with Crippen molar-refractivity contribution >= 4 is 0 Å². The highest BCUT2D eigenvalue weighted by molar-refractivity contribution is 5.23. The molecule has 0 heterocycles. The summed E-state index contributed by atoms with van der Waals surface area (Å²) in [6.07, 6.45) is 9.78. The van der Waals surface area contributed by atoms with Gasteiger partial charge in [0.2, 0.25) is 0 Å². The molecule has 2 N–H and O–H groups in total. The predicted molar refractivity (Wildman–Crippen MR) is 72.3 cm³/mol. The van der Waals surface area contributed by atoms with E-state index in [0.29, 0.717) is 0 Å². The summed E-state index contributed by atoms with van der Waals surface area (Å²) < 4.78 is 0. The molecule has 0 saturated carbocycles. The Bertz CT molecular complexity index is 318. The quantitative estimate of drug-likeness (QED) is 0.707. The maximum absolute atomic E-state index is 6.42. The average molecular weight is 219 g/mol. The Morgan fingerprint density at radius 3 is 2.75 bits per heavy atom. The predicted octanol–water partition coefficient (Wildman–Crippen LogP) is 4.12. The van der Waals surface area contributed by atoms with Crippen molar-refractivity contribution in [2.24, 2.45) is 5.73 Å². The van der Waals surface area contributed by atoms with Crippen molar-refractivity contribution in [3.05, 3.63) is 35.5 Å². The van der Waals surface area contributed by atoms with E-state index in [2.05, 4.69) is 39.5 Å². The molecule has 0 unspecified atom stereocenters. The summed E-state index contributed by atoms with van der Waals surface area (Å²) >= 11 is 0. The van der Waals surface area contributed by atoms with E-state index in [9.17, 15) is 0 Å². The highest BCUT2D eigenvalue weighted by Gasteiger charge is 2.28.